The van der Waals surface area contributed by atoms with E-state index in [-0.39, 0.29) is 0 Å². The van der Waals surface area contributed by atoms with Crippen LogP contribution in [0.2, 0.25) is 0 Å². The quantitative estimate of drug-likeness (QED) is 0.148. The normalized spacial score (nSPS) is 11.9. The minimum Gasteiger partial charge on any atom is -0.309 e. The van der Waals surface area contributed by atoms with Crippen molar-refractivity contribution in [3.63, 3.8) is 0 Å². The first-order valence-electron chi connectivity index (χ1n) is 49.8. The lowest BCUT2D eigenvalue weighted by molar-refractivity contribution is 1.19. The zero-order valence-corrected chi connectivity index (χ0v) is 78.6. The van der Waals surface area contributed by atoms with Gasteiger partial charge in [0.2, 0.25) is 0 Å². The van der Waals surface area contributed by atoms with Crippen LogP contribution in [0.4, 0.5) is 0 Å². The van der Waals surface area contributed by atoms with Gasteiger partial charge in [-0.25, -0.2) is 0 Å². The zero-order chi connectivity index (χ0) is 94.6. The van der Waals surface area contributed by atoms with Crippen LogP contribution in [0.15, 0.2) is 534 Å². The first-order valence-corrected chi connectivity index (χ1v) is 49.8. The smallest absolute Gasteiger partial charge is 0.0626 e. The van der Waals surface area contributed by atoms with Gasteiger partial charge in [-0.3, -0.25) is 0 Å². The zero-order valence-electron chi connectivity index (χ0n) is 78.6. The molecule has 0 N–H and O–H groups in total. The second-order valence-electron chi connectivity index (χ2n) is 38.3. The molecule has 668 valence electrons. The van der Waals surface area contributed by atoms with E-state index in [1.165, 1.54) is 283 Å². The third kappa shape index (κ3) is 13.0. The standard InChI is InChI=1S/2C36H23N.2C34H21N/c1-2-10-24(11-3-1)25-18-21-27(22-19-25)37-33-23-20-26-12-4-5-13-28(26)34(33)35-31-16-8-6-14-29(31)30-15-7-9-17-32(30)36(35)37;1-2-10-24(11-3-1)25-18-20-28(21-19-25)37-34-23-27-13-5-4-12-26(27)22-33(34)35-31-16-8-6-14-29(31)30-15-7-9-17-32(30)36(35)37;1-2-11-24-21-25(19-17-22(24)9-1)35-33-26-12-4-3-10-23(26)18-20-31(33)32-29-15-7-5-13-27(29)28-14-6-8-16-30(28)34(32)35;1-2-10-23-19-26(18-17-22(23)9-1)35-32-21-25-12-4-3-11-24(25)20-31(32)33-29-15-7-5-13-27(29)28-14-6-8-16-30(28)34(33)35/h2*1-23H;2*1-21H. The van der Waals surface area contributed by atoms with Gasteiger partial charge >= 0.3 is 0 Å². The molecule has 0 atom stereocenters. The Labute approximate surface area is 829 Å². The van der Waals surface area contributed by atoms with Crippen molar-refractivity contribution in [2.24, 2.45) is 0 Å². The molecule has 0 saturated heterocycles. The number of rotatable bonds is 6. The van der Waals surface area contributed by atoms with E-state index < -0.39 is 0 Å². The fourth-order valence-corrected chi connectivity index (χ4v) is 24.2. The molecular weight excluding hydrogens is 1740 g/mol. The van der Waals surface area contributed by atoms with Crippen LogP contribution < -0.4 is 0 Å². The van der Waals surface area contributed by atoms with Crippen molar-refractivity contribution in [2.75, 3.05) is 0 Å². The highest BCUT2D eigenvalue weighted by atomic mass is 15.0. The summed E-state index contributed by atoms with van der Waals surface area (Å²) in [7, 11) is 0. The summed E-state index contributed by atoms with van der Waals surface area (Å²) in [6.45, 7) is 0. The average Bonchev–Trinajstić information content (AvgIpc) is 1.61. The maximum Gasteiger partial charge on any atom is 0.0626 e. The Bertz CT molecular complexity index is 10800. The number of fused-ring (bicyclic) bond motifs is 40. The van der Waals surface area contributed by atoms with Crippen LogP contribution >= 0.6 is 0 Å². The van der Waals surface area contributed by atoms with Crippen molar-refractivity contribution >= 4 is 238 Å². The van der Waals surface area contributed by atoms with Gasteiger partial charge in [0.25, 0.3) is 0 Å². The summed E-state index contributed by atoms with van der Waals surface area (Å²) in [5.74, 6) is 0. The molecule has 0 radical (unpaired) electrons. The number of hydrogen-bond donors (Lipinski definition) is 0. The lowest BCUT2D eigenvalue weighted by Gasteiger charge is -2.13. The molecule has 4 aromatic heterocycles. The van der Waals surface area contributed by atoms with Crippen LogP contribution in [0.25, 0.3) is 283 Å². The van der Waals surface area contributed by atoms with Gasteiger partial charge in [-0.1, -0.05) is 455 Å². The minimum atomic E-state index is 1.18. The topological polar surface area (TPSA) is 19.7 Å². The summed E-state index contributed by atoms with van der Waals surface area (Å²) >= 11 is 0. The summed E-state index contributed by atoms with van der Waals surface area (Å²) in [5.41, 5.74) is 19.8. The lowest BCUT2D eigenvalue weighted by atomic mass is 9.95. The Morgan fingerprint density at radius 2 is 0.340 bits per heavy atom. The van der Waals surface area contributed by atoms with E-state index in [9.17, 15) is 0 Å². The third-order valence-electron chi connectivity index (χ3n) is 30.5. The van der Waals surface area contributed by atoms with E-state index >= 15 is 0 Å². The Morgan fingerprint density at radius 1 is 0.0972 bits per heavy atom. The second-order valence-corrected chi connectivity index (χ2v) is 38.3. The summed E-state index contributed by atoms with van der Waals surface area (Å²) in [4.78, 5) is 0. The van der Waals surface area contributed by atoms with E-state index in [0.29, 0.717) is 0 Å². The number of nitrogens with zero attached hydrogens (tertiary/aromatic N) is 4. The summed E-state index contributed by atoms with van der Waals surface area (Å²) in [6, 6.07) is 194. The molecule has 0 aliphatic rings. The Hall–Kier alpha value is -19.0. The van der Waals surface area contributed by atoms with Gasteiger partial charge in [-0.2, -0.15) is 0 Å². The van der Waals surface area contributed by atoms with E-state index in [0.717, 1.165) is 0 Å². The molecule has 0 spiro atoms. The van der Waals surface area contributed by atoms with Gasteiger partial charge in [0.05, 0.1) is 44.1 Å². The van der Waals surface area contributed by atoms with E-state index in [4.69, 9.17) is 0 Å². The molecule has 28 aromatic carbocycles. The Balaban J connectivity index is 0.0000000913. The lowest BCUT2D eigenvalue weighted by Crippen LogP contribution is -1.95. The van der Waals surface area contributed by atoms with Crippen LogP contribution in [0.1, 0.15) is 0 Å². The maximum absolute atomic E-state index is 2.51. The van der Waals surface area contributed by atoms with Crippen LogP contribution in [-0.2, 0) is 0 Å². The third-order valence-corrected chi connectivity index (χ3v) is 30.5. The molecule has 144 heavy (non-hydrogen) atoms. The van der Waals surface area contributed by atoms with Crippen molar-refractivity contribution < 1.29 is 0 Å². The van der Waals surface area contributed by atoms with E-state index in [1.54, 1.807) is 0 Å². The number of hydrogen-bond acceptors (Lipinski definition) is 0. The number of aromatic nitrogens is 4. The summed E-state index contributed by atoms with van der Waals surface area (Å²) in [6.07, 6.45) is 0. The van der Waals surface area contributed by atoms with Gasteiger partial charge in [-0.15, -0.1) is 0 Å². The maximum atomic E-state index is 2.51. The van der Waals surface area contributed by atoms with Crippen molar-refractivity contribution in [3.05, 3.63) is 534 Å². The Morgan fingerprint density at radius 3 is 0.743 bits per heavy atom. The van der Waals surface area contributed by atoms with E-state index in [2.05, 4.69) is 552 Å². The van der Waals surface area contributed by atoms with Gasteiger partial charge in [-0.05, 0) is 225 Å². The molecule has 0 bridgehead atoms. The van der Waals surface area contributed by atoms with Gasteiger partial charge in [0.1, 0.15) is 0 Å². The SMILES string of the molecule is c1ccc(-c2ccc(-n3c4cc5ccccc5cc4c4c5ccccc5c5ccccc5c43)cc2)cc1.c1ccc(-c2ccc(-n3c4ccc5ccccc5c4c4c5ccccc5c5ccccc5c43)cc2)cc1.c1ccc2cc(-n3c4c5ccccc5ccc4c4c5ccccc5c5ccccc5c43)ccc2c1.c1ccc2cc(-n3c4cc5ccccc5cc4c4c5ccccc5c5ccccc5c43)ccc2c1. The van der Waals surface area contributed by atoms with Crippen LogP contribution in [0, 0.1) is 0 Å². The molecule has 0 saturated carbocycles. The molecule has 0 fully saturated rings. The molecule has 4 heteroatoms. The highest BCUT2D eigenvalue weighted by Crippen LogP contribution is 2.51. The van der Waals surface area contributed by atoms with Crippen molar-refractivity contribution in [1.82, 2.24) is 18.3 Å². The first kappa shape index (κ1) is 82.1. The fourth-order valence-electron chi connectivity index (χ4n) is 24.2. The molecular formula is C140H88N4. The van der Waals surface area contributed by atoms with E-state index in [1.807, 2.05) is 0 Å². The van der Waals surface area contributed by atoms with Gasteiger partial charge < -0.3 is 18.3 Å². The monoisotopic (exact) mass is 1820 g/mol. The molecule has 0 aliphatic heterocycles. The van der Waals surface area contributed by atoms with Crippen molar-refractivity contribution in [3.8, 4) is 45.0 Å². The minimum absolute atomic E-state index is 1.18. The molecule has 0 aliphatic carbocycles. The average molecular weight is 1830 g/mol. The van der Waals surface area contributed by atoms with Crippen LogP contribution in [0.3, 0.4) is 0 Å². The second kappa shape index (κ2) is 33.4. The van der Waals surface area contributed by atoms with Crippen molar-refractivity contribution in [2.45, 2.75) is 0 Å². The Kier molecular flexibility index (Phi) is 19.0. The first-order chi connectivity index (χ1) is 71.5. The summed E-state index contributed by atoms with van der Waals surface area (Å²) < 4.78 is 9.94. The molecule has 4 heterocycles. The summed E-state index contributed by atoms with van der Waals surface area (Å²) in [5, 5.41) is 46.5. The van der Waals surface area contributed by atoms with Gasteiger partial charge in [0, 0.05) is 92.8 Å². The molecule has 32 aromatic rings. The molecule has 0 unspecified atom stereocenters. The largest absolute Gasteiger partial charge is 0.309 e. The molecule has 0 amide bonds. The highest BCUT2D eigenvalue weighted by molar-refractivity contribution is 6.39. The predicted octanol–water partition coefficient (Wildman–Crippen LogP) is 38.6. The molecule has 4 nitrogen and oxygen atoms in total. The molecule has 32 rings (SSSR count). The fraction of sp³-hybridized carbons (Fsp3) is 0. The van der Waals surface area contributed by atoms with Crippen LogP contribution in [0.5, 0.6) is 0 Å². The number of benzene rings is 28. The highest BCUT2D eigenvalue weighted by Gasteiger charge is 2.27. The van der Waals surface area contributed by atoms with Crippen molar-refractivity contribution in [1.29, 1.82) is 0 Å². The van der Waals surface area contributed by atoms with Gasteiger partial charge in [0.15, 0.2) is 0 Å². The predicted molar refractivity (Wildman–Crippen MR) is 619 cm³/mol. The van der Waals surface area contributed by atoms with Crippen LogP contribution in [-0.4, -0.2) is 18.3 Å².